The van der Waals surface area contributed by atoms with Crippen LogP contribution in [0.3, 0.4) is 0 Å². The number of hydrogen-bond donors (Lipinski definition) is 1. The highest BCUT2D eigenvalue weighted by molar-refractivity contribution is 5.94. The predicted octanol–water partition coefficient (Wildman–Crippen LogP) is 4.51. The first kappa shape index (κ1) is 18.4. The van der Waals surface area contributed by atoms with Crippen LogP contribution in [0.5, 0.6) is 0 Å². The standard InChI is InChI=1S/C23H24FN3O/c1-23(2)12-20(26-22(28)17-10-6-7-11-19(17)24)18-14-25-27(21(18)13-23)15-16-8-4-3-5-9-16/h3-11,14,20H,12-13,15H2,1-2H3,(H,26,28)/t20-/m0/s1. The molecule has 2 aromatic carbocycles. The Morgan fingerprint density at radius 1 is 1.18 bits per heavy atom. The topological polar surface area (TPSA) is 46.9 Å². The highest BCUT2D eigenvalue weighted by Crippen LogP contribution is 2.41. The van der Waals surface area contributed by atoms with Gasteiger partial charge in [0.05, 0.1) is 24.3 Å². The highest BCUT2D eigenvalue weighted by atomic mass is 19.1. The Morgan fingerprint density at radius 2 is 1.89 bits per heavy atom. The van der Waals surface area contributed by atoms with E-state index in [-0.39, 0.29) is 22.9 Å². The number of rotatable bonds is 4. The fraction of sp³-hybridized carbons (Fsp3) is 0.304. The first-order chi connectivity index (χ1) is 13.4. The lowest BCUT2D eigenvalue weighted by Crippen LogP contribution is -2.37. The van der Waals surface area contributed by atoms with Gasteiger partial charge in [-0.15, -0.1) is 0 Å². The molecule has 0 radical (unpaired) electrons. The molecule has 28 heavy (non-hydrogen) atoms. The van der Waals surface area contributed by atoms with Crippen molar-refractivity contribution in [3.63, 3.8) is 0 Å². The van der Waals surface area contributed by atoms with Crippen LogP contribution >= 0.6 is 0 Å². The molecule has 1 amide bonds. The van der Waals surface area contributed by atoms with Crippen molar-refractivity contribution in [3.8, 4) is 0 Å². The maximum atomic E-state index is 14.0. The van der Waals surface area contributed by atoms with Gasteiger partial charge in [-0.05, 0) is 36.0 Å². The van der Waals surface area contributed by atoms with Gasteiger partial charge in [0.15, 0.2) is 0 Å². The predicted molar refractivity (Wildman–Crippen MR) is 106 cm³/mol. The van der Waals surface area contributed by atoms with Crippen LogP contribution in [0.1, 0.15) is 53.5 Å². The highest BCUT2D eigenvalue weighted by Gasteiger charge is 2.36. The molecule has 1 aliphatic rings. The number of nitrogens with one attached hydrogen (secondary N) is 1. The van der Waals surface area contributed by atoms with E-state index >= 15 is 0 Å². The summed E-state index contributed by atoms with van der Waals surface area (Å²) in [4.78, 5) is 12.7. The van der Waals surface area contributed by atoms with Gasteiger partial charge in [0.1, 0.15) is 5.82 Å². The van der Waals surface area contributed by atoms with Crippen LogP contribution in [0.15, 0.2) is 60.8 Å². The Hall–Kier alpha value is -2.95. The maximum absolute atomic E-state index is 14.0. The molecule has 1 heterocycles. The second-order valence-electron chi connectivity index (χ2n) is 8.24. The number of carbonyl (C=O) groups is 1. The van der Waals surface area contributed by atoms with Crippen LogP contribution in [0, 0.1) is 11.2 Å². The second kappa shape index (κ2) is 7.23. The van der Waals surface area contributed by atoms with Crippen molar-refractivity contribution in [3.05, 3.63) is 89.0 Å². The molecule has 5 heteroatoms. The van der Waals surface area contributed by atoms with E-state index in [2.05, 4.69) is 36.4 Å². The number of nitrogens with zero attached hydrogens (tertiary/aromatic N) is 2. The molecular formula is C23H24FN3O. The summed E-state index contributed by atoms with van der Waals surface area (Å²) in [7, 11) is 0. The van der Waals surface area contributed by atoms with E-state index in [0.717, 1.165) is 24.1 Å². The monoisotopic (exact) mass is 377 g/mol. The number of hydrogen-bond acceptors (Lipinski definition) is 2. The van der Waals surface area contributed by atoms with E-state index in [1.165, 1.54) is 17.7 Å². The van der Waals surface area contributed by atoms with Gasteiger partial charge in [-0.1, -0.05) is 56.3 Å². The molecular weight excluding hydrogens is 353 g/mol. The van der Waals surface area contributed by atoms with Crippen molar-refractivity contribution in [2.45, 2.75) is 39.3 Å². The molecule has 144 valence electrons. The zero-order chi connectivity index (χ0) is 19.7. The molecule has 0 fully saturated rings. The molecule has 0 spiro atoms. The van der Waals surface area contributed by atoms with Crippen molar-refractivity contribution in [2.24, 2.45) is 5.41 Å². The van der Waals surface area contributed by atoms with Gasteiger partial charge in [0, 0.05) is 11.3 Å². The molecule has 1 aromatic heterocycles. The lowest BCUT2D eigenvalue weighted by Gasteiger charge is -2.36. The van der Waals surface area contributed by atoms with Crippen molar-refractivity contribution in [2.75, 3.05) is 0 Å². The van der Waals surface area contributed by atoms with Crippen LogP contribution in [0.25, 0.3) is 0 Å². The number of aromatic nitrogens is 2. The van der Waals surface area contributed by atoms with Crippen LogP contribution in [-0.2, 0) is 13.0 Å². The number of halogens is 1. The summed E-state index contributed by atoms with van der Waals surface area (Å²) in [5, 5.41) is 7.63. The number of carbonyl (C=O) groups excluding carboxylic acids is 1. The Balaban J connectivity index is 1.62. The molecule has 0 bridgehead atoms. The summed E-state index contributed by atoms with van der Waals surface area (Å²) in [6.07, 6.45) is 3.53. The van der Waals surface area contributed by atoms with Crippen molar-refractivity contribution < 1.29 is 9.18 Å². The molecule has 1 N–H and O–H groups in total. The largest absolute Gasteiger partial charge is 0.345 e. The Bertz CT molecular complexity index is 994. The third-order valence-electron chi connectivity index (χ3n) is 5.36. The number of fused-ring (bicyclic) bond motifs is 1. The quantitative estimate of drug-likeness (QED) is 0.727. The molecule has 3 aromatic rings. The lowest BCUT2D eigenvalue weighted by molar-refractivity contribution is 0.0915. The van der Waals surface area contributed by atoms with Crippen molar-refractivity contribution >= 4 is 5.91 Å². The summed E-state index contributed by atoms with van der Waals surface area (Å²) in [6, 6.07) is 16.1. The summed E-state index contributed by atoms with van der Waals surface area (Å²) in [5.74, 6) is -0.891. The lowest BCUT2D eigenvalue weighted by atomic mass is 9.74. The molecule has 1 aliphatic carbocycles. The molecule has 4 rings (SSSR count). The van der Waals surface area contributed by atoms with E-state index < -0.39 is 5.82 Å². The van der Waals surface area contributed by atoms with E-state index in [4.69, 9.17) is 0 Å². The van der Waals surface area contributed by atoms with Crippen LogP contribution in [0.2, 0.25) is 0 Å². The van der Waals surface area contributed by atoms with E-state index in [1.54, 1.807) is 12.1 Å². The van der Waals surface area contributed by atoms with Crippen molar-refractivity contribution in [1.29, 1.82) is 0 Å². The molecule has 0 unspecified atom stereocenters. The Morgan fingerprint density at radius 3 is 2.64 bits per heavy atom. The smallest absolute Gasteiger partial charge is 0.254 e. The summed E-state index contributed by atoms with van der Waals surface area (Å²) in [5.41, 5.74) is 3.43. The maximum Gasteiger partial charge on any atom is 0.254 e. The summed E-state index contributed by atoms with van der Waals surface area (Å²) < 4.78 is 16.0. The Labute approximate surface area is 164 Å². The van der Waals surface area contributed by atoms with Crippen LogP contribution < -0.4 is 5.32 Å². The third kappa shape index (κ3) is 3.70. The van der Waals surface area contributed by atoms with Crippen LogP contribution in [-0.4, -0.2) is 15.7 Å². The van der Waals surface area contributed by atoms with Crippen LogP contribution in [0.4, 0.5) is 4.39 Å². The molecule has 1 atom stereocenters. The van der Waals surface area contributed by atoms with Gasteiger partial charge < -0.3 is 5.32 Å². The number of benzene rings is 2. The number of amides is 1. The minimum Gasteiger partial charge on any atom is -0.345 e. The van der Waals surface area contributed by atoms with E-state index in [1.807, 2.05) is 29.1 Å². The Kier molecular flexibility index (Phi) is 4.75. The van der Waals surface area contributed by atoms with E-state index in [9.17, 15) is 9.18 Å². The van der Waals surface area contributed by atoms with Gasteiger partial charge in [-0.3, -0.25) is 9.48 Å². The SMILES string of the molecule is CC1(C)Cc2c(cnn2Cc2ccccc2)[C@@H](NC(=O)c2ccccc2F)C1. The van der Waals surface area contributed by atoms with Gasteiger partial charge >= 0.3 is 0 Å². The second-order valence-corrected chi connectivity index (χ2v) is 8.24. The minimum atomic E-state index is -0.505. The normalized spacial score (nSPS) is 17.8. The molecule has 0 saturated heterocycles. The van der Waals surface area contributed by atoms with Gasteiger partial charge in [0.2, 0.25) is 0 Å². The van der Waals surface area contributed by atoms with Gasteiger partial charge in [-0.25, -0.2) is 4.39 Å². The first-order valence-electron chi connectivity index (χ1n) is 9.57. The van der Waals surface area contributed by atoms with Crippen molar-refractivity contribution in [1.82, 2.24) is 15.1 Å². The average molecular weight is 377 g/mol. The average Bonchev–Trinajstić information content (AvgIpc) is 3.04. The summed E-state index contributed by atoms with van der Waals surface area (Å²) >= 11 is 0. The molecule has 4 nitrogen and oxygen atoms in total. The fourth-order valence-electron chi connectivity index (χ4n) is 4.00. The first-order valence-corrected chi connectivity index (χ1v) is 9.57. The summed E-state index contributed by atoms with van der Waals surface area (Å²) in [6.45, 7) is 5.08. The van der Waals surface area contributed by atoms with Gasteiger partial charge in [-0.2, -0.15) is 5.10 Å². The van der Waals surface area contributed by atoms with Gasteiger partial charge in [0.25, 0.3) is 5.91 Å². The zero-order valence-corrected chi connectivity index (χ0v) is 16.2. The minimum absolute atomic E-state index is 0.00858. The molecule has 0 saturated carbocycles. The third-order valence-corrected chi connectivity index (χ3v) is 5.36. The fourth-order valence-corrected chi connectivity index (χ4v) is 4.00. The molecule has 0 aliphatic heterocycles. The van der Waals surface area contributed by atoms with E-state index in [0.29, 0.717) is 6.54 Å². The zero-order valence-electron chi connectivity index (χ0n) is 16.2.